The van der Waals surface area contributed by atoms with E-state index in [2.05, 4.69) is 0 Å². The van der Waals surface area contributed by atoms with E-state index in [-0.39, 0.29) is 11.4 Å². The predicted octanol–water partition coefficient (Wildman–Crippen LogP) is 4.75. The van der Waals surface area contributed by atoms with E-state index in [1.165, 1.54) is 6.07 Å². The van der Waals surface area contributed by atoms with Gasteiger partial charge in [0.2, 0.25) is 0 Å². The highest BCUT2D eigenvalue weighted by Gasteiger charge is 2.23. The normalized spacial score (nSPS) is 14.2. The molecule has 0 spiro atoms. The summed E-state index contributed by atoms with van der Waals surface area (Å²) in [7, 11) is 0. The van der Waals surface area contributed by atoms with Crippen molar-refractivity contribution in [2.75, 3.05) is 6.73 Å². The fourth-order valence-corrected chi connectivity index (χ4v) is 3.96. The zero-order chi connectivity index (χ0) is 19.3. The van der Waals surface area contributed by atoms with Gasteiger partial charge in [-0.15, -0.1) is 0 Å². The summed E-state index contributed by atoms with van der Waals surface area (Å²) < 4.78 is 25.6. The molecule has 3 aromatic carbocycles. The standard InChI is InChI=1S/C23H18FNO3/c1-14-21-16(12-25(13-27-21)11-15-6-2-5-9-20(15)24)10-19-17-7-3-4-8-18(17)23(26)28-22(14)19/h2-10H,11-13H2,1H3. The van der Waals surface area contributed by atoms with E-state index in [4.69, 9.17) is 9.15 Å². The summed E-state index contributed by atoms with van der Waals surface area (Å²) >= 11 is 0. The number of rotatable bonds is 2. The van der Waals surface area contributed by atoms with Crippen molar-refractivity contribution < 1.29 is 13.5 Å². The summed E-state index contributed by atoms with van der Waals surface area (Å²) in [6.07, 6.45) is 0. The first kappa shape index (κ1) is 17.0. The highest BCUT2D eigenvalue weighted by molar-refractivity contribution is 6.06. The molecule has 28 heavy (non-hydrogen) atoms. The molecule has 0 bridgehead atoms. The second-order valence-corrected chi connectivity index (χ2v) is 7.15. The van der Waals surface area contributed by atoms with Crippen molar-refractivity contribution >= 4 is 21.7 Å². The molecule has 1 aliphatic heterocycles. The average Bonchev–Trinajstić information content (AvgIpc) is 2.71. The van der Waals surface area contributed by atoms with Gasteiger partial charge in [0.15, 0.2) is 0 Å². The van der Waals surface area contributed by atoms with Crippen LogP contribution >= 0.6 is 0 Å². The van der Waals surface area contributed by atoms with Crippen LogP contribution in [-0.4, -0.2) is 11.6 Å². The fourth-order valence-electron chi connectivity index (χ4n) is 3.96. The van der Waals surface area contributed by atoms with Crippen LogP contribution < -0.4 is 10.4 Å². The molecule has 140 valence electrons. The van der Waals surface area contributed by atoms with Gasteiger partial charge >= 0.3 is 5.63 Å². The molecule has 4 nitrogen and oxygen atoms in total. The van der Waals surface area contributed by atoms with Gasteiger partial charge in [0, 0.05) is 35.2 Å². The molecule has 0 aliphatic carbocycles. The van der Waals surface area contributed by atoms with E-state index in [0.29, 0.717) is 36.4 Å². The van der Waals surface area contributed by atoms with E-state index in [1.807, 2.05) is 42.2 Å². The van der Waals surface area contributed by atoms with Gasteiger partial charge in [0.05, 0.1) is 5.39 Å². The Morgan fingerprint density at radius 1 is 1.04 bits per heavy atom. The number of benzene rings is 3. The van der Waals surface area contributed by atoms with E-state index in [0.717, 1.165) is 27.6 Å². The molecule has 0 saturated heterocycles. The third-order valence-electron chi connectivity index (χ3n) is 5.31. The molecule has 0 fully saturated rings. The van der Waals surface area contributed by atoms with Gasteiger partial charge in [0.25, 0.3) is 0 Å². The van der Waals surface area contributed by atoms with Gasteiger partial charge in [-0.2, -0.15) is 0 Å². The molecule has 4 aromatic rings. The summed E-state index contributed by atoms with van der Waals surface area (Å²) in [5, 5.41) is 2.32. The SMILES string of the molecule is Cc1c2c(cc3c1oc(=O)c1ccccc13)CN(Cc1ccccc1F)CO2. The average molecular weight is 375 g/mol. The molecule has 0 saturated carbocycles. The third-order valence-corrected chi connectivity index (χ3v) is 5.31. The third kappa shape index (κ3) is 2.67. The second-order valence-electron chi connectivity index (χ2n) is 7.15. The molecule has 0 unspecified atom stereocenters. The monoisotopic (exact) mass is 375 g/mol. The molecular weight excluding hydrogens is 357 g/mol. The summed E-state index contributed by atoms with van der Waals surface area (Å²) in [5.41, 5.74) is 2.68. The van der Waals surface area contributed by atoms with Crippen molar-refractivity contribution in [3.05, 3.63) is 87.5 Å². The van der Waals surface area contributed by atoms with Gasteiger partial charge in [-0.25, -0.2) is 9.18 Å². The first-order chi connectivity index (χ1) is 13.6. The number of halogens is 1. The molecule has 0 N–H and O–H groups in total. The first-order valence-corrected chi connectivity index (χ1v) is 9.18. The van der Waals surface area contributed by atoms with Crippen LogP contribution in [0.2, 0.25) is 0 Å². The van der Waals surface area contributed by atoms with Crippen LogP contribution in [-0.2, 0) is 13.1 Å². The van der Waals surface area contributed by atoms with E-state index < -0.39 is 0 Å². The van der Waals surface area contributed by atoms with Crippen molar-refractivity contribution in [2.24, 2.45) is 0 Å². The highest BCUT2D eigenvalue weighted by atomic mass is 19.1. The highest BCUT2D eigenvalue weighted by Crippen LogP contribution is 2.37. The van der Waals surface area contributed by atoms with E-state index in [9.17, 15) is 9.18 Å². The van der Waals surface area contributed by atoms with E-state index >= 15 is 0 Å². The molecule has 0 atom stereocenters. The number of hydrogen-bond acceptors (Lipinski definition) is 4. The Morgan fingerprint density at radius 3 is 2.61 bits per heavy atom. The molecular formula is C23H18FNO3. The maximum atomic E-state index is 14.0. The predicted molar refractivity (Wildman–Crippen MR) is 106 cm³/mol. The lowest BCUT2D eigenvalue weighted by Crippen LogP contribution is -2.32. The minimum atomic E-state index is -0.344. The lowest BCUT2D eigenvalue weighted by molar-refractivity contribution is 0.0871. The largest absolute Gasteiger partial charge is 0.477 e. The number of aryl methyl sites for hydroxylation is 1. The van der Waals surface area contributed by atoms with Crippen molar-refractivity contribution in [3.63, 3.8) is 0 Å². The Labute approximate surface area is 160 Å². The summed E-state index contributed by atoms with van der Waals surface area (Å²) in [6.45, 7) is 3.36. The fraction of sp³-hybridized carbons (Fsp3) is 0.174. The maximum absolute atomic E-state index is 14.0. The van der Waals surface area contributed by atoms with Crippen LogP contribution in [0.15, 0.2) is 63.8 Å². The molecule has 5 rings (SSSR count). The van der Waals surface area contributed by atoms with Crippen LogP contribution in [0.4, 0.5) is 4.39 Å². The van der Waals surface area contributed by atoms with Crippen LogP contribution in [0.1, 0.15) is 16.7 Å². The van der Waals surface area contributed by atoms with Crippen LogP contribution in [0.5, 0.6) is 5.75 Å². The quantitative estimate of drug-likeness (QED) is 0.375. The Hall–Kier alpha value is -3.18. The number of ether oxygens (including phenoxy) is 1. The van der Waals surface area contributed by atoms with Crippen LogP contribution in [0, 0.1) is 12.7 Å². The number of hydrogen-bond donors (Lipinski definition) is 0. The van der Waals surface area contributed by atoms with E-state index in [1.54, 1.807) is 18.2 Å². The van der Waals surface area contributed by atoms with Gasteiger partial charge in [-0.1, -0.05) is 36.4 Å². The Kier molecular flexibility index (Phi) is 3.91. The minimum absolute atomic E-state index is 0.212. The van der Waals surface area contributed by atoms with Crippen molar-refractivity contribution in [1.82, 2.24) is 4.90 Å². The molecule has 0 radical (unpaired) electrons. The Bertz CT molecular complexity index is 1280. The molecule has 0 amide bonds. The first-order valence-electron chi connectivity index (χ1n) is 9.18. The smallest absolute Gasteiger partial charge is 0.344 e. The van der Waals surface area contributed by atoms with Crippen molar-refractivity contribution in [3.8, 4) is 5.75 Å². The van der Waals surface area contributed by atoms with Gasteiger partial charge in [-0.05, 0) is 30.5 Å². The lowest BCUT2D eigenvalue weighted by Gasteiger charge is -2.30. The maximum Gasteiger partial charge on any atom is 0.344 e. The van der Waals surface area contributed by atoms with Crippen LogP contribution in [0.3, 0.4) is 0 Å². The lowest BCUT2D eigenvalue weighted by atomic mass is 10.00. The van der Waals surface area contributed by atoms with Crippen molar-refractivity contribution in [2.45, 2.75) is 20.0 Å². The molecule has 1 aliphatic rings. The molecule has 5 heteroatoms. The summed E-state index contributed by atoms with van der Waals surface area (Å²) in [5.74, 6) is 0.534. The van der Waals surface area contributed by atoms with Crippen LogP contribution in [0.25, 0.3) is 21.7 Å². The van der Waals surface area contributed by atoms with Gasteiger partial charge < -0.3 is 9.15 Å². The topological polar surface area (TPSA) is 42.7 Å². The second kappa shape index (κ2) is 6.46. The Morgan fingerprint density at radius 2 is 1.79 bits per heavy atom. The minimum Gasteiger partial charge on any atom is -0.477 e. The summed E-state index contributed by atoms with van der Waals surface area (Å²) in [6, 6.07) is 16.3. The number of nitrogens with zero attached hydrogens (tertiary/aromatic N) is 1. The molecule has 2 heterocycles. The molecule has 1 aromatic heterocycles. The van der Waals surface area contributed by atoms with Gasteiger partial charge in [0.1, 0.15) is 23.9 Å². The number of fused-ring (bicyclic) bond motifs is 4. The Balaban J connectivity index is 1.61. The van der Waals surface area contributed by atoms with Gasteiger partial charge in [-0.3, -0.25) is 4.90 Å². The van der Waals surface area contributed by atoms with Crippen molar-refractivity contribution in [1.29, 1.82) is 0 Å². The zero-order valence-corrected chi connectivity index (χ0v) is 15.4. The zero-order valence-electron chi connectivity index (χ0n) is 15.4. The summed E-state index contributed by atoms with van der Waals surface area (Å²) in [4.78, 5) is 14.4.